The van der Waals surface area contributed by atoms with Gasteiger partial charge in [0.05, 0.1) is 16.6 Å². The molecule has 3 unspecified atom stereocenters. The van der Waals surface area contributed by atoms with Crippen molar-refractivity contribution >= 4 is 85.9 Å². The lowest BCUT2D eigenvalue weighted by atomic mass is 9.87. The highest BCUT2D eigenvalue weighted by atomic mass is 35.5. The van der Waals surface area contributed by atoms with E-state index in [1.165, 1.54) is 32.6 Å². The summed E-state index contributed by atoms with van der Waals surface area (Å²) in [5.41, 5.74) is 1.11. The van der Waals surface area contributed by atoms with Crippen molar-refractivity contribution in [2.45, 2.75) is 22.7 Å². The van der Waals surface area contributed by atoms with Gasteiger partial charge in [-0.25, -0.2) is 4.90 Å². The summed E-state index contributed by atoms with van der Waals surface area (Å²) in [6, 6.07) is 23.8. The molecule has 2 aromatic heterocycles. The van der Waals surface area contributed by atoms with Crippen molar-refractivity contribution in [3.05, 3.63) is 109 Å². The number of carbonyl (C=O) groups is 3. The van der Waals surface area contributed by atoms with Gasteiger partial charge < -0.3 is 5.32 Å². The van der Waals surface area contributed by atoms with Crippen LogP contribution in [0.5, 0.6) is 0 Å². The Morgan fingerprint density at radius 1 is 0.902 bits per heavy atom. The highest BCUT2D eigenvalue weighted by Crippen LogP contribution is 2.54. The Labute approximate surface area is 251 Å². The van der Waals surface area contributed by atoms with Crippen LogP contribution in [0.4, 0.5) is 11.4 Å². The van der Waals surface area contributed by atoms with Gasteiger partial charge in [0.25, 0.3) is 0 Å². The molecular formula is C30H20ClN3O4S3. The molecular weight excluding hydrogens is 598 g/mol. The number of hydrogen-bond donors (Lipinski definition) is 1. The van der Waals surface area contributed by atoms with Gasteiger partial charge in [0.2, 0.25) is 17.7 Å². The number of nitrogens with one attached hydrogen (secondary N) is 1. The third kappa shape index (κ3) is 4.42. The molecule has 7 nitrogen and oxygen atoms in total. The Balaban J connectivity index is 1.25. The molecule has 11 heteroatoms. The first-order valence-corrected chi connectivity index (χ1v) is 15.7. The summed E-state index contributed by atoms with van der Waals surface area (Å²) in [4.78, 5) is 56.7. The van der Waals surface area contributed by atoms with Crippen molar-refractivity contribution in [2.75, 3.05) is 10.2 Å². The van der Waals surface area contributed by atoms with E-state index in [0.717, 1.165) is 27.0 Å². The van der Waals surface area contributed by atoms with Gasteiger partial charge in [0.15, 0.2) is 0 Å². The van der Waals surface area contributed by atoms with E-state index in [0.29, 0.717) is 26.3 Å². The predicted molar refractivity (Wildman–Crippen MR) is 164 cm³/mol. The third-order valence-electron chi connectivity index (χ3n) is 7.35. The van der Waals surface area contributed by atoms with Gasteiger partial charge in [-0.2, -0.15) is 0 Å². The number of thioether (sulfide) groups is 1. The number of thiophene rings is 1. The molecule has 3 amide bonds. The van der Waals surface area contributed by atoms with Crippen LogP contribution in [0.25, 0.3) is 10.8 Å². The van der Waals surface area contributed by atoms with Crippen molar-refractivity contribution in [2.24, 2.45) is 5.92 Å². The number of carbonyl (C=O) groups excluding carboxylic acids is 3. The summed E-state index contributed by atoms with van der Waals surface area (Å²) in [5, 5.41) is 7.09. The lowest BCUT2D eigenvalue weighted by Crippen LogP contribution is -2.32. The Bertz CT molecular complexity index is 1890. The third-order valence-corrected chi connectivity index (χ3v) is 11.2. The molecule has 2 aliphatic heterocycles. The first-order chi connectivity index (χ1) is 19.9. The van der Waals surface area contributed by atoms with Crippen molar-refractivity contribution < 1.29 is 14.4 Å². The standard InChI is InChI=1S/C30H20ClN3O4S3/c31-17-10-12-18(13-11-17)34-27(36)24-23(21-9-4-14-39-21)26-29(40-25(24)28(34)37)33(30(38)41-26)15-22(35)32-20-8-3-6-16-5-1-2-7-19(16)20/h1-14,23-25H,15H2,(H,32,35). The Morgan fingerprint density at radius 3 is 2.46 bits per heavy atom. The van der Waals surface area contributed by atoms with Crippen molar-refractivity contribution in [3.63, 3.8) is 0 Å². The van der Waals surface area contributed by atoms with Gasteiger partial charge in [0, 0.05) is 31.8 Å². The molecule has 4 heterocycles. The average molecular weight is 618 g/mol. The summed E-state index contributed by atoms with van der Waals surface area (Å²) >= 11 is 9.77. The molecule has 2 aliphatic rings. The minimum atomic E-state index is -0.737. The number of benzene rings is 3. The lowest BCUT2D eigenvalue weighted by Gasteiger charge is -2.29. The molecule has 3 atom stereocenters. The van der Waals surface area contributed by atoms with Crippen LogP contribution >= 0.6 is 46.0 Å². The number of amides is 3. The molecule has 0 bridgehead atoms. The van der Waals surface area contributed by atoms with E-state index < -0.39 is 17.1 Å². The van der Waals surface area contributed by atoms with E-state index in [4.69, 9.17) is 11.6 Å². The summed E-state index contributed by atoms with van der Waals surface area (Å²) in [6.45, 7) is -0.210. The second kappa shape index (κ2) is 10.3. The summed E-state index contributed by atoms with van der Waals surface area (Å²) in [5.74, 6) is -2.14. The number of aromatic nitrogens is 1. The molecule has 0 saturated carbocycles. The molecule has 0 radical (unpaired) electrons. The fourth-order valence-electron chi connectivity index (χ4n) is 5.54. The van der Waals surface area contributed by atoms with Crippen LogP contribution in [0.2, 0.25) is 5.02 Å². The smallest absolute Gasteiger partial charge is 0.308 e. The number of hydrogen-bond acceptors (Lipinski definition) is 7. The van der Waals surface area contributed by atoms with Crippen molar-refractivity contribution in [1.29, 1.82) is 0 Å². The van der Waals surface area contributed by atoms with Crippen LogP contribution in [0.3, 0.4) is 0 Å². The lowest BCUT2D eigenvalue weighted by molar-refractivity contribution is -0.122. The normalized spacial score (nSPS) is 19.8. The zero-order valence-electron chi connectivity index (χ0n) is 21.2. The van der Waals surface area contributed by atoms with Gasteiger partial charge in [-0.05, 0) is 47.2 Å². The van der Waals surface area contributed by atoms with E-state index in [1.807, 2.05) is 60.0 Å². The van der Waals surface area contributed by atoms with Gasteiger partial charge >= 0.3 is 4.87 Å². The van der Waals surface area contributed by atoms with E-state index >= 15 is 0 Å². The fourth-order valence-corrected chi connectivity index (χ4v) is 9.39. The highest BCUT2D eigenvalue weighted by Gasteiger charge is 2.57. The maximum absolute atomic E-state index is 13.8. The Hall–Kier alpha value is -3.70. The Kier molecular flexibility index (Phi) is 6.58. The van der Waals surface area contributed by atoms with E-state index in [1.54, 1.807) is 24.3 Å². The van der Waals surface area contributed by atoms with Crippen LogP contribution in [0.15, 0.2) is 94.1 Å². The SMILES string of the molecule is O=C(Cn1c2c(sc1=O)C(c1cccs1)C1C(=O)N(c3ccc(Cl)cc3)C(=O)C1S2)Nc1cccc2ccccc12. The maximum atomic E-state index is 13.8. The predicted octanol–water partition coefficient (Wildman–Crippen LogP) is 6.21. The summed E-state index contributed by atoms with van der Waals surface area (Å²) in [6.07, 6.45) is 0. The average Bonchev–Trinajstić information content (AvgIpc) is 3.67. The molecule has 41 heavy (non-hydrogen) atoms. The molecule has 0 spiro atoms. The van der Waals surface area contributed by atoms with E-state index in [-0.39, 0.29) is 29.1 Å². The summed E-state index contributed by atoms with van der Waals surface area (Å²) in [7, 11) is 0. The van der Waals surface area contributed by atoms with Gasteiger partial charge in [-0.1, -0.05) is 77.2 Å². The van der Waals surface area contributed by atoms with Crippen LogP contribution < -0.4 is 15.1 Å². The highest BCUT2D eigenvalue weighted by molar-refractivity contribution is 8.00. The quantitative estimate of drug-likeness (QED) is 0.237. The van der Waals surface area contributed by atoms with E-state index in [2.05, 4.69) is 5.32 Å². The number of imide groups is 1. The zero-order valence-corrected chi connectivity index (χ0v) is 24.4. The van der Waals surface area contributed by atoms with Gasteiger partial charge in [-0.3, -0.25) is 23.7 Å². The molecule has 0 aliphatic carbocycles. The van der Waals surface area contributed by atoms with Crippen LogP contribution in [-0.4, -0.2) is 27.5 Å². The second-order valence-electron chi connectivity index (χ2n) is 9.74. The number of rotatable bonds is 5. The van der Waals surface area contributed by atoms with Crippen LogP contribution in [0.1, 0.15) is 15.7 Å². The molecule has 1 fully saturated rings. The van der Waals surface area contributed by atoms with Crippen molar-refractivity contribution in [3.8, 4) is 0 Å². The second-order valence-corrected chi connectivity index (χ2v) is 13.3. The van der Waals surface area contributed by atoms with Crippen LogP contribution in [0, 0.1) is 5.92 Å². The number of thiazole rings is 1. The molecule has 1 N–H and O–H groups in total. The van der Waals surface area contributed by atoms with Crippen molar-refractivity contribution in [1.82, 2.24) is 4.57 Å². The molecule has 7 rings (SSSR count). The van der Waals surface area contributed by atoms with E-state index in [9.17, 15) is 19.2 Å². The number of fused-ring (bicyclic) bond motifs is 3. The molecule has 5 aromatic rings. The van der Waals surface area contributed by atoms with Gasteiger partial charge in [-0.15, -0.1) is 11.3 Å². The molecule has 3 aromatic carbocycles. The zero-order chi connectivity index (χ0) is 28.2. The first-order valence-electron chi connectivity index (χ1n) is 12.8. The fraction of sp³-hybridized carbons (Fsp3) is 0.133. The number of anilines is 2. The maximum Gasteiger partial charge on any atom is 0.308 e. The number of nitrogens with zero attached hydrogens (tertiary/aromatic N) is 2. The topological polar surface area (TPSA) is 88.5 Å². The Morgan fingerprint density at radius 2 is 1.68 bits per heavy atom. The minimum absolute atomic E-state index is 0.210. The monoisotopic (exact) mass is 617 g/mol. The summed E-state index contributed by atoms with van der Waals surface area (Å²) < 4.78 is 1.44. The number of halogens is 1. The minimum Gasteiger partial charge on any atom is -0.324 e. The van der Waals surface area contributed by atoms with Crippen LogP contribution in [-0.2, 0) is 20.9 Å². The molecule has 204 valence electrons. The molecule has 1 saturated heterocycles. The van der Waals surface area contributed by atoms with Gasteiger partial charge in [0.1, 0.15) is 11.8 Å². The largest absolute Gasteiger partial charge is 0.324 e. The first kappa shape index (κ1) is 26.2.